The first kappa shape index (κ1) is 6.35. The first-order chi connectivity index (χ1) is 4.17. The van der Waals surface area contributed by atoms with Gasteiger partial charge >= 0.3 is 0 Å². The van der Waals surface area contributed by atoms with Gasteiger partial charge in [-0.05, 0) is 17.8 Å². The minimum Gasteiger partial charge on any atom is -0.193 e. The molecular formula is C8H11N. The summed E-state index contributed by atoms with van der Waals surface area (Å²) in [4.78, 5) is 0. The molecule has 0 aromatic rings. The highest BCUT2D eigenvalue weighted by Crippen LogP contribution is 2.52. The van der Waals surface area contributed by atoms with E-state index < -0.39 is 0 Å². The van der Waals surface area contributed by atoms with Crippen LogP contribution in [0.4, 0.5) is 0 Å². The summed E-state index contributed by atoms with van der Waals surface area (Å²) in [6, 6.07) is 2.00. The van der Waals surface area contributed by atoms with Gasteiger partial charge in [0.25, 0.3) is 0 Å². The number of nitrogens with zero attached hydrogens (tertiary/aromatic N) is 1. The third kappa shape index (κ3) is 1.32. The Morgan fingerprint density at radius 1 is 1.67 bits per heavy atom. The normalized spacial score (nSPS) is 30.1. The summed E-state index contributed by atoms with van der Waals surface area (Å²) in [5.74, 6) is 0.664. The molecule has 0 saturated heterocycles. The summed E-state index contributed by atoms with van der Waals surface area (Å²) < 4.78 is 0. The fourth-order valence-corrected chi connectivity index (χ4v) is 0.996. The first-order valence-corrected chi connectivity index (χ1v) is 3.23. The van der Waals surface area contributed by atoms with E-state index in [1.54, 1.807) is 6.08 Å². The molecular weight excluding hydrogens is 110 g/mol. The topological polar surface area (TPSA) is 23.8 Å². The standard InChI is InChI=1S/C8H11N/c1-8(2)6-7(8)4-3-5-9/h3-4,7H,6H2,1-2H3/b4-3-. The Bertz CT molecular complexity index is 171. The Morgan fingerprint density at radius 3 is 2.56 bits per heavy atom. The average molecular weight is 121 g/mol. The largest absolute Gasteiger partial charge is 0.193 e. The Hall–Kier alpha value is -0.770. The second-order valence-electron chi connectivity index (χ2n) is 3.29. The van der Waals surface area contributed by atoms with E-state index >= 15 is 0 Å². The van der Waals surface area contributed by atoms with Crippen LogP contribution in [0.2, 0.25) is 0 Å². The highest BCUT2D eigenvalue weighted by atomic mass is 14.5. The lowest BCUT2D eigenvalue weighted by atomic mass is 10.1. The second kappa shape index (κ2) is 1.88. The van der Waals surface area contributed by atoms with Crippen LogP contribution in [0, 0.1) is 22.7 Å². The quantitative estimate of drug-likeness (QED) is 0.487. The van der Waals surface area contributed by atoms with E-state index in [-0.39, 0.29) is 0 Å². The predicted octanol–water partition coefficient (Wildman–Crippen LogP) is 2.11. The van der Waals surface area contributed by atoms with Crippen molar-refractivity contribution in [3.8, 4) is 6.07 Å². The molecule has 1 rings (SSSR count). The molecule has 1 saturated carbocycles. The lowest BCUT2D eigenvalue weighted by Gasteiger charge is -1.93. The number of nitriles is 1. The van der Waals surface area contributed by atoms with Crippen LogP contribution >= 0.6 is 0 Å². The minimum absolute atomic E-state index is 0.480. The molecule has 0 aromatic carbocycles. The Labute approximate surface area is 56.0 Å². The predicted molar refractivity (Wildman–Crippen MR) is 36.6 cm³/mol. The van der Waals surface area contributed by atoms with Crippen molar-refractivity contribution in [3.63, 3.8) is 0 Å². The van der Waals surface area contributed by atoms with Gasteiger partial charge < -0.3 is 0 Å². The smallest absolute Gasteiger partial charge is 0.0908 e. The van der Waals surface area contributed by atoms with Crippen LogP contribution in [0.3, 0.4) is 0 Å². The summed E-state index contributed by atoms with van der Waals surface area (Å²) in [6.45, 7) is 4.44. The average Bonchev–Trinajstić information content (AvgIpc) is 2.35. The molecule has 0 aliphatic heterocycles. The Kier molecular flexibility index (Phi) is 1.32. The van der Waals surface area contributed by atoms with Crippen molar-refractivity contribution in [2.24, 2.45) is 11.3 Å². The van der Waals surface area contributed by atoms with E-state index in [0.29, 0.717) is 11.3 Å². The van der Waals surface area contributed by atoms with Crippen LogP contribution in [-0.4, -0.2) is 0 Å². The summed E-state index contributed by atoms with van der Waals surface area (Å²) in [7, 11) is 0. The van der Waals surface area contributed by atoms with Crippen molar-refractivity contribution < 1.29 is 0 Å². The van der Waals surface area contributed by atoms with Crippen LogP contribution < -0.4 is 0 Å². The van der Waals surface area contributed by atoms with Crippen molar-refractivity contribution in [1.82, 2.24) is 0 Å². The molecule has 9 heavy (non-hydrogen) atoms. The van der Waals surface area contributed by atoms with Crippen LogP contribution in [0.15, 0.2) is 12.2 Å². The summed E-state index contributed by atoms with van der Waals surface area (Å²) in [5.41, 5.74) is 0.480. The van der Waals surface area contributed by atoms with Crippen LogP contribution in [0.25, 0.3) is 0 Å². The molecule has 1 unspecified atom stereocenters. The van der Waals surface area contributed by atoms with E-state index in [4.69, 9.17) is 5.26 Å². The molecule has 0 amide bonds. The number of hydrogen-bond acceptors (Lipinski definition) is 1. The van der Waals surface area contributed by atoms with Gasteiger partial charge in [0.2, 0.25) is 0 Å². The summed E-state index contributed by atoms with van der Waals surface area (Å²) >= 11 is 0. The molecule has 1 aliphatic carbocycles. The van der Waals surface area contributed by atoms with Crippen molar-refractivity contribution >= 4 is 0 Å². The molecule has 1 heteroatoms. The maximum Gasteiger partial charge on any atom is 0.0908 e. The van der Waals surface area contributed by atoms with Crippen LogP contribution in [-0.2, 0) is 0 Å². The summed E-state index contributed by atoms with van der Waals surface area (Å²) in [5, 5.41) is 8.18. The SMILES string of the molecule is CC1(C)CC1/C=C\C#N. The zero-order valence-electron chi connectivity index (χ0n) is 5.89. The lowest BCUT2D eigenvalue weighted by molar-refractivity contribution is 0.610. The van der Waals surface area contributed by atoms with Gasteiger partial charge in [0.05, 0.1) is 6.07 Å². The molecule has 1 nitrogen and oxygen atoms in total. The molecule has 0 N–H and O–H groups in total. The van der Waals surface area contributed by atoms with Gasteiger partial charge in [-0.15, -0.1) is 0 Å². The van der Waals surface area contributed by atoms with Crippen molar-refractivity contribution in [2.75, 3.05) is 0 Å². The third-order valence-corrected chi connectivity index (χ3v) is 1.99. The van der Waals surface area contributed by atoms with Gasteiger partial charge in [-0.1, -0.05) is 19.9 Å². The van der Waals surface area contributed by atoms with Crippen LogP contribution in [0.1, 0.15) is 20.3 Å². The number of allylic oxidation sites excluding steroid dienone is 2. The van der Waals surface area contributed by atoms with Gasteiger partial charge in [0.15, 0.2) is 0 Å². The van der Waals surface area contributed by atoms with E-state index in [2.05, 4.69) is 13.8 Å². The first-order valence-electron chi connectivity index (χ1n) is 3.23. The van der Waals surface area contributed by atoms with E-state index in [9.17, 15) is 0 Å². The van der Waals surface area contributed by atoms with Crippen molar-refractivity contribution in [1.29, 1.82) is 5.26 Å². The van der Waals surface area contributed by atoms with Gasteiger partial charge in [-0.3, -0.25) is 0 Å². The molecule has 0 radical (unpaired) electrons. The molecule has 0 heterocycles. The number of hydrogen-bond donors (Lipinski definition) is 0. The van der Waals surface area contributed by atoms with E-state index in [1.165, 1.54) is 6.42 Å². The third-order valence-electron chi connectivity index (χ3n) is 1.99. The maximum absolute atomic E-state index is 8.18. The minimum atomic E-state index is 0.480. The molecule has 1 aliphatic rings. The monoisotopic (exact) mass is 121 g/mol. The molecule has 48 valence electrons. The molecule has 1 atom stereocenters. The lowest BCUT2D eigenvalue weighted by Crippen LogP contribution is -1.84. The van der Waals surface area contributed by atoms with E-state index in [1.807, 2.05) is 12.1 Å². The second-order valence-corrected chi connectivity index (χ2v) is 3.29. The highest BCUT2D eigenvalue weighted by molar-refractivity contribution is 5.13. The zero-order chi connectivity index (χ0) is 6.91. The maximum atomic E-state index is 8.18. The van der Waals surface area contributed by atoms with Crippen LogP contribution in [0.5, 0.6) is 0 Å². The van der Waals surface area contributed by atoms with Crippen molar-refractivity contribution in [3.05, 3.63) is 12.2 Å². The van der Waals surface area contributed by atoms with Gasteiger partial charge in [-0.25, -0.2) is 0 Å². The Morgan fingerprint density at radius 2 is 2.22 bits per heavy atom. The molecule has 0 aromatic heterocycles. The number of rotatable bonds is 1. The molecule has 0 bridgehead atoms. The molecule has 1 fully saturated rings. The van der Waals surface area contributed by atoms with Gasteiger partial charge in [0, 0.05) is 6.08 Å². The Balaban J connectivity index is 2.38. The fourth-order valence-electron chi connectivity index (χ4n) is 0.996. The van der Waals surface area contributed by atoms with Gasteiger partial charge in [-0.2, -0.15) is 5.26 Å². The summed E-state index contributed by atoms with van der Waals surface area (Å²) in [6.07, 6.45) is 4.82. The zero-order valence-corrected chi connectivity index (χ0v) is 5.89. The van der Waals surface area contributed by atoms with Gasteiger partial charge in [0.1, 0.15) is 0 Å². The van der Waals surface area contributed by atoms with E-state index in [0.717, 1.165) is 0 Å². The highest BCUT2D eigenvalue weighted by Gasteiger charge is 2.43. The van der Waals surface area contributed by atoms with Crippen molar-refractivity contribution in [2.45, 2.75) is 20.3 Å². The fraction of sp³-hybridized carbons (Fsp3) is 0.625. The molecule has 0 spiro atoms.